The topological polar surface area (TPSA) is 58.6 Å². The second kappa shape index (κ2) is 9.30. The molecule has 1 saturated heterocycles. The van der Waals surface area contributed by atoms with Crippen LogP contribution in [0.1, 0.15) is 44.3 Å². The van der Waals surface area contributed by atoms with Crippen LogP contribution in [0.2, 0.25) is 0 Å². The third kappa shape index (κ3) is 6.02. The van der Waals surface area contributed by atoms with Gasteiger partial charge in [-0.3, -0.25) is 9.59 Å². The van der Waals surface area contributed by atoms with E-state index in [4.69, 9.17) is 4.74 Å². The van der Waals surface area contributed by atoms with Crippen molar-refractivity contribution in [2.75, 3.05) is 26.2 Å². The van der Waals surface area contributed by atoms with Gasteiger partial charge in [-0.05, 0) is 18.4 Å². The molecule has 1 heterocycles. The zero-order valence-corrected chi connectivity index (χ0v) is 13.8. The summed E-state index contributed by atoms with van der Waals surface area (Å²) in [7, 11) is 0. The van der Waals surface area contributed by atoms with Crippen LogP contribution in [0.15, 0.2) is 30.3 Å². The third-order valence-electron chi connectivity index (χ3n) is 4.03. The summed E-state index contributed by atoms with van der Waals surface area (Å²) in [6.07, 6.45) is 3.29. The van der Waals surface area contributed by atoms with E-state index in [1.807, 2.05) is 35.2 Å². The predicted molar refractivity (Wildman–Crippen MR) is 88.9 cm³/mol. The lowest BCUT2D eigenvalue weighted by atomic mass is 10.1. The van der Waals surface area contributed by atoms with Gasteiger partial charge in [0.15, 0.2) is 0 Å². The summed E-state index contributed by atoms with van der Waals surface area (Å²) in [5, 5.41) is 2.77. The highest BCUT2D eigenvalue weighted by molar-refractivity contribution is 5.76. The lowest BCUT2D eigenvalue weighted by Crippen LogP contribution is -2.42. The molecular weight excluding hydrogens is 292 g/mol. The minimum absolute atomic E-state index is 0.00125. The molecule has 0 spiro atoms. The lowest BCUT2D eigenvalue weighted by molar-refractivity contribution is -0.139. The van der Waals surface area contributed by atoms with Crippen molar-refractivity contribution in [2.45, 2.75) is 38.7 Å². The number of rotatable bonds is 7. The molecule has 0 aliphatic carbocycles. The van der Waals surface area contributed by atoms with Crippen LogP contribution in [-0.2, 0) is 14.3 Å². The lowest BCUT2D eigenvalue weighted by Gasteiger charge is -2.33. The molecule has 1 unspecified atom stereocenters. The number of hydrogen-bond acceptors (Lipinski definition) is 3. The van der Waals surface area contributed by atoms with Gasteiger partial charge in [0.05, 0.1) is 13.2 Å². The Morgan fingerprint density at radius 2 is 2.00 bits per heavy atom. The summed E-state index contributed by atoms with van der Waals surface area (Å²) in [5.41, 5.74) is 1.13. The van der Waals surface area contributed by atoms with Crippen molar-refractivity contribution in [3.8, 4) is 0 Å². The number of morpholine rings is 1. The third-order valence-corrected chi connectivity index (χ3v) is 4.03. The fourth-order valence-corrected chi connectivity index (χ4v) is 2.75. The first kappa shape index (κ1) is 17.5. The SMILES string of the molecule is CC(=O)NCCCCCC(=O)N1CCOC(c2ccccc2)C1. The summed E-state index contributed by atoms with van der Waals surface area (Å²) in [6, 6.07) is 10.1. The molecule has 1 aliphatic heterocycles. The molecule has 0 radical (unpaired) electrons. The van der Waals surface area contributed by atoms with E-state index in [2.05, 4.69) is 5.32 Å². The number of nitrogens with zero attached hydrogens (tertiary/aromatic N) is 1. The summed E-state index contributed by atoms with van der Waals surface area (Å²) in [5.74, 6) is 0.204. The highest BCUT2D eigenvalue weighted by Gasteiger charge is 2.24. The highest BCUT2D eigenvalue weighted by Crippen LogP contribution is 2.22. The second-order valence-corrected chi connectivity index (χ2v) is 5.90. The van der Waals surface area contributed by atoms with Crippen molar-refractivity contribution in [3.05, 3.63) is 35.9 Å². The molecule has 0 saturated carbocycles. The zero-order valence-electron chi connectivity index (χ0n) is 13.8. The number of carbonyl (C=O) groups excluding carboxylic acids is 2. The molecule has 1 aliphatic rings. The maximum atomic E-state index is 12.3. The number of nitrogens with one attached hydrogen (secondary N) is 1. The Morgan fingerprint density at radius 1 is 1.22 bits per heavy atom. The second-order valence-electron chi connectivity index (χ2n) is 5.90. The Bertz CT molecular complexity index is 504. The molecule has 1 aromatic rings. The van der Waals surface area contributed by atoms with Crippen LogP contribution in [0.5, 0.6) is 0 Å². The number of ether oxygens (including phenoxy) is 1. The fraction of sp³-hybridized carbons (Fsp3) is 0.556. The number of unbranched alkanes of at least 4 members (excludes halogenated alkanes) is 2. The van der Waals surface area contributed by atoms with Crippen molar-refractivity contribution in [1.29, 1.82) is 0 Å². The van der Waals surface area contributed by atoms with Crippen LogP contribution >= 0.6 is 0 Å². The zero-order chi connectivity index (χ0) is 16.5. The van der Waals surface area contributed by atoms with Crippen molar-refractivity contribution in [1.82, 2.24) is 10.2 Å². The van der Waals surface area contributed by atoms with Crippen molar-refractivity contribution in [3.63, 3.8) is 0 Å². The van der Waals surface area contributed by atoms with Crippen LogP contribution < -0.4 is 5.32 Å². The molecule has 1 fully saturated rings. The van der Waals surface area contributed by atoms with Gasteiger partial charge >= 0.3 is 0 Å². The van der Waals surface area contributed by atoms with Gasteiger partial charge in [-0.25, -0.2) is 0 Å². The molecular formula is C18H26N2O3. The van der Waals surface area contributed by atoms with E-state index in [9.17, 15) is 9.59 Å². The Balaban J connectivity index is 1.69. The Kier molecular flexibility index (Phi) is 7.07. The first-order valence-corrected chi connectivity index (χ1v) is 8.35. The van der Waals surface area contributed by atoms with Gasteiger partial charge in [0, 0.05) is 26.4 Å². The van der Waals surface area contributed by atoms with E-state index in [0.29, 0.717) is 32.7 Å². The smallest absolute Gasteiger partial charge is 0.222 e. The molecule has 1 N–H and O–H groups in total. The van der Waals surface area contributed by atoms with E-state index in [-0.39, 0.29) is 17.9 Å². The quantitative estimate of drug-likeness (QED) is 0.785. The van der Waals surface area contributed by atoms with Crippen molar-refractivity contribution >= 4 is 11.8 Å². The van der Waals surface area contributed by atoms with Gasteiger partial charge in [0.25, 0.3) is 0 Å². The van der Waals surface area contributed by atoms with E-state index in [1.54, 1.807) is 0 Å². The average Bonchev–Trinajstić information content (AvgIpc) is 2.58. The highest BCUT2D eigenvalue weighted by atomic mass is 16.5. The summed E-state index contributed by atoms with van der Waals surface area (Å²) < 4.78 is 5.79. The number of benzene rings is 1. The maximum absolute atomic E-state index is 12.3. The molecule has 23 heavy (non-hydrogen) atoms. The van der Waals surface area contributed by atoms with Crippen molar-refractivity contribution < 1.29 is 14.3 Å². The summed E-state index contributed by atoms with van der Waals surface area (Å²) >= 11 is 0. The Labute approximate surface area is 138 Å². The molecule has 0 bridgehead atoms. The van der Waals surface area contributed by atoms with Gasteiger partial charge in [0.1, 0.15) is 6.10 Å². The first-order chi connectivity index (χ1) is 11.2. The number of hydrogen-bond donors (Lipinski definition) is 1. The average molecular weight is 318 g/mol. The van der Waals surface area contributed by atoms with E-state index in [0.717, 1.165) is 24.8 Å². The fourth-order valence-electron chi connectivity index (χ4n) is 2.75. The van der Waals surface area contributed by atoms with E-state index in [1.165, 1.54) is 6.92 Å². The normalized spacial score (nSPS) is 17.8. The first-order valence-electron chi connectivity index (χ1n) is 8.35. The molecule has 0 aromatic heterocycles. The largest absolute Gasteiger partial charge is 0.370 e. The number of amides is 2. The molecule has 2 rings (SSSR count). The minimum Gasteiger partial charge on any atom is -0.370 e. The van der Waals surface area contributed by atoms with E-state index < -0.39 is 0 Å². The molecule has 5 nitrogen and oxygen atoms in total. The Morgan fingerprint density at radius 3 is 2.74 bits per heavy atom. The minimum atomic E-state index is -0.0198. The molecule has 1 aromatic carbocycles. The van der Waals surface area contributed by atoms with Crippen LogP contribution in [0.3, 0.4) is 0 Å². The van der Waals surface area contributed by atoms with Gasteiger partial charge in [-0.15, -0.1) is 0 Å². The van der Waals surface area contributed by atoms with Gasteiger partial charge < -0.3 is 15.0 Å². The van der Waals surface area contributed by atoms with Gasteiger partial charge in [-0.2, -0.15) is 0 Å². The standard InChI is InChI=1S/C18H26N2O3/c1-15(21)19-11-7-3-6-10-18(22)20-12-13-23-17(14-20)16-8-4-2-5-9-16/h2,4-5,8-9,17H,3,6-7,10-14H2,1H3,(H,19,21). The van der Waals surface area contributed by atoms with Crippen LogP contribution in [0.25, 0.3) is 0 Å². The van der Waals surface area contributed by atoms with E-state index >= 15 is 0 Å². The monoisotopic (exact) mass is 318 g/mol. The van der Waals surface area contributed by atoms with Crippen molar-refractivity contribution in [2.24, 2.45) is 0 Å². The molecule has 5 heteroatoms. The summed E-state index contributed by atoms with van der Waals surface area (Å²) in [6.45, 7) is 4.11. The Hall–Kier alpha value is -1.88. The predicted octanol–water partition coefficient (Wildman–Crippen LogP) is 2.28. The van der Waals surface area contributed by atoms with Crippen LogP contribution in [0, 0.1) is 0 Å². The van der Waals surface area contributed by atoms with Gasteiger partial charge in [-0.1, -0.05) is 36.8 Å². The van der Waals surface area contributed by atoms with Gasteiger partial charge in [0.2, 0.25) is 11.8 Å². The molecule has 2 amide bonds. The number of carbonyl (C=O) groups is 2. The maximum Gasteiger partial charge on any atom is 0.222 e. The molecule has 1 atom stereocenters. The van der Waals surface area contributed by atoms with Crippen LogP contribution in [0.4, 0.5) is 0 Å². The summed E-state index contributed by atoms with van der Waals surface area (Å²) in [4.78, 5) is 25.0. The molecule has 126 valence electrons. The van der Waals surface area contributed by atoms with Crippen LogP contribution in [-0.4, -0.2) is 43.0 Å².